The Kier molecular flexibility index (Phi) is 3.37. The van der Waals surface area contributed by atoms with Gasteiger partial charge >= 0.3 is 0 Å². The Labute approximate surface area is 133 Å². The van der Waals surface area contributed by atoms with Crippen molar-refractivity contribution in [2.24, 2.45) is 0 Å². The lowest BCUT2D eigenvalue weighted by Crippen LogP contribution is -2.41. The molecule has 6 nitrogen and oxygen atoms in total. The van der Waals surface area contributed by atoms with Gasteiger partial charge in [-0.2, -0.15) is 0 Å². The summed E-state index contributed by atoms with van der Waals surface area (Å²) in [6.07, 6.45) is 4.09. The summed E-state index contributed by atoms with van der Waals surface area (Å²) in [7, 11) is 0. The Balaban J connectivity index is 1.43. The molecule has 0 unspecified atom stereocenters. The second-order valence-electron chi connectivity index (χ2n) is 6.06. The second-order valence-corrected chi connectivity index (χ2v) is 6.06. The largest absolute Gasteiger partial charge is 0.356 e. The number of carbonyl (C=O) groups excluding carboxylic acids is 1. The number of rotatable bonds is 3. The van der Waals surface area contributed by atoms with Crippen LogP contribution in [-0.4, -0.2) is 26.7 Å². The van der Waals surface area contributed by atoms with Crippen molar-refractivity contribution < 1.29 is 9.32 Å². The monoisotopic (exact) mass is 310 g/mol. The van der Waals surface area contributed by atoms with Gasteiger partial charge in [-0.3, -0.25) is 4.79 Å². The molecule has 1 aliphatic heterocycles. The van der Waals surface area contributed by atoms with Gasteiger partial charge in [0.15, 0.2) is 5.58 Å². The summed E-state index contributed by atoms with van der Waals surface area (Å²) in [6, 6.07) is 7.74. The summed E-state index contributed by atoms with van der Waals surface area (Å²) in [6.45, 7) is 2.77. The molecule has 0 saturated heterocycles. The average Bonchev–Trinajstić information content (AvgIpc) is 3.10. The number of fused-ring (bicyclic) bond motifs is 2. The van der Waals surface area contributed by atoms with Crippen molar-refractivity contribution in [1.29, 1.82) is 0 Å². The van der Waals surface area contributed by atoms with Crippen molar-refractivity contribution in [3.63, 3.8) is 0 Å². The lowest BCUT2D eigenvalue weighted by molar-refractivity contribution is -0.121. The molecule has 4 rings (SSSR count). The van der Waals surface area contributed by atoms with E-state index in [9.17, 15) is 4.79 Å². The van der Waals surface area contributed by atoms with Crippen molar-refractivity contribution in [2.45, 2.75) is 38.8 Å². The number of aryl methyl sites for hydroxylation is 2. The van der Waals surface area contributed by atoms with E-state index in [-0.39, 0.29) is 18.4 Å². The van der Waals surface area contributed by atoms with Crippen LogP contribution in [0, 0.1) is 6.92 Å². The van der Waals surface area contributed by atoms with Gasteiger partial charge in [-0.25, -0.2) is 4.98 Å². The normalized spacial score (nSPS) is 17.2. The smallest absolute Gasteiger partial charge is 0.226 e. The van der Waals surface area contributed by atoms with E-state index in [2.05, 4.69) is 20.0 Å². The Morgan fingerprint density at radius 2 is 2.30 bits per heavy atom. The fourth-order valence-electron chi connectivity index (χ4n) is 3.20. The van der Waals surface area contributed by atoms with Gasteiger partial charge in [0.1, 0.15) is 11.5 Å². The topological polar surface area (TPSA) is 73.0 Å². The third-order valence-corrected chi connectivity index (χ3v) is 4.26. The van der Waals surface area contributed by atoms with Crippen LogP contribution >= 0.6 is 0 Å². The molecule has 1 N–H and O–H groups in total. The van der Waals surface area contributed by atoms with E-state index in [4.69, 9.17) is 4.52 Å². The van der Waals surface area contributed by atoms with Crippen molar-refractivity contribution in [3.05, 3.63) is 47.7 Å². The molecule has 0 saturated carbocycles. The zero-order valence-electron chi connectivity index (χ0n) is 13.0. The molecule has 2 aromatic heterocycles. The number of hydrogen-bond acceptors (Lipinski definition) is 4. The minimum absolute atomic E-state index is 0.0191. The third-order valence-electron chi connectivity index (χ3n) is 4.26. The van der Waals surface area contributed by atoms with E-state index in [1.54, 1.807) is 0 Å². The van der Waals surface area contributed by atoms with Crippen LogP contribution in [-0.2, 0) is 24.2 Å². The molecule has 1 atom stereocenters. The number of hydrogen-bond donors (Lipinski definition) is 1. The maximum atomic E-state index is 12.3. The van der Waals surface area contributed by atoms with E-state index in [0.717, 1.165) is 36.3 Å². The number of para-hydroxylation sites is 1. The summed E-state index contributed by atoms with van der Waals surface area (Å²) < 4.78 is 7.38. The zero-order chi connectivity index (χ0) is 15.8. The van der Waals surface area contributed by atoms with Crippen molar-refractivity contribution >= 4 is 16.9 Å². The lowest BCUT2D eigenvalue weighted by Gasteiger charge is -2.24. The summed E-state index contributed by atoms with van der Waals surface area (Å²) >= 11 is 0. The molecule has 0 fully saturated rings. The highest BCUT2D eigenvalue weighted by atomic mass is 16.5. The van der Waals surface area contributed by atoms with Crippen LogP contribution in [0.25, 0.3) is 11.0 Å². The predicted octanol–water partition coefficient (Wildman–Crippen LogP) is 2.01. The summed E-state index contributed by atoms with van der Waals surface area (Å²) in [5.74, 6) is 1.09. The van der Waals surface area contributed by atoms with E-state index < -0.39 is 0 Å². The number of aromatic nitrogens is 3. The summed E-state index contributed by atoms with van der Waals surface area (Å²) in [5.41, 5.74) is 2.43. The van der Waals surface area contributed by atoms with Crippen LogP contribution in [0.1, 0.15) is 23.6 Å². The van der Waals surface area contributed by atoms with Crippen molar-refractivity contribution in [1.82, 2.24) is 20.0 Å². The molecule has 1 amide bonds. The number of carbonyl (C=O) groups is 1. The number of imidazole rings is 1. The number of nitrogens with zero attached hydrogens (tertiary/aromatic N) is 3. The number of benzene rings is 1. The fraction of sp³-hybridized carbons (Fsp3) is 0.353. The molecule has 0 aliphatic carbocycles. The first kappa shape index (κ1) is 14.0. The molecule has 6 heteroatoms. The molecule has 3 heterocycles. The van der Waals surface area contributed by atoms with Crippen LogP contribution in [0.2, 0.25) is 0 Å². The van der Waals surface area contributed by atoms with Gasteiger partial charge in [-0.1, -0.05) is 17.3 Å². The molecular weight excluding hydrogens is 292 g/mol. The molecule has 1 aromatic carbocycles. The van der Waals surface area contributed by atoms with Crippen LogP contribution < -0.4 is 5.32 Å². The lowest BCUT2D eigenvalue weighted by atomic mass is 10.1. The third kappa shape index (κ3) is 2.72. The first-order valence-corrected chi connectivity index (χ1v) is 7.84. The quantitative estimate of drug-likeness (QED) is 0.803. The maximum absolute atomic E-state index is 12.3. The highest BCUT2D eigenvalue weighted by Gasteiger charge is 2.22. The Morgan fingerprint density at radius 3 is 3.22 bits per heavy atom. The standard InChI is InChI=1S/C17H18N4O2/c1-11-9-21-10-12(6-7-16(21)18-11)19-17(22)8-14-13-4-2-3-5-15(13)23-20-14/h2-5,9,12H,6-8,10H2,1H3,(H,19,22)/t12-/m0/s1. The van der Waals surface area contributed by atoms with Gasteiger partial charge in [0, 0.05) is 30.6 Å². The minimum atomic E-state index is -0.0191. The fourth-order valence-corrected chi connectivity index (χ4v) is 3.20. The van der Waals surface area contributed by atoms with Gasteiger partial charge in [0.05, 0.1) is 12.1 Å². The first-order valence-electron chi connectivity index (χ1n) is 7.84. The van der Waals surface area contributed by atoms with Crippen LogP contribution in [0.15, 0.2) is 35.0 Å². The van der Waals surface area contributed by atoms with Gasteiger partial charge in [0.25, 0.3) is 0 Å². The number of amides is 1. The molecular formula is C17H18N4O2. The highest BCUT2D eigenvalue weighted by molar-refractivity contribution is 5.86. The molecule has 0 radical (unpaired) electrons. The molecule has 0 bridgehead atoms. The molecule has 3 aromatic rings. The average molecular weight is 310 g/mol. The van der Waals surface area contributed by atoms with Gasteiger partial charge in [-0.15, -0.1) is 0 Å². The Bertz CT molecular complexity index is 864. The van der Waals surface area contributed by atoms with Gasteiger partial charge < -0.3 is 14.4 Å². The van der Waals surface area contributed by atoms with Crippen LogP contribution in [0.5, 0.6) is 0 Å². The van der Waals surface area contributed by atoms with Gasteiger partial charge in [0.2, 0.25) is 5.91 Å². The van der Waals surface area contributed by atoms with Crippen molar-refractivity contribution in [3.8, 4) is 0 Å². The molecule has 23 heavy (non-hydrogen) atoms. The second kappa shape index (κ2) is 5.53. The first-order chi connectivity index (χ1) is 11.2. The number of nitrogens with one attached hydrogen (secondary N) is 1. The van der Waals surface area contributed by atoms with E-state index in [1.165, 1.54) is 0 Å². The van der Waals surface area contributed by atoms with E-state index in [1.807, 2.05) is 37.4 Å². The van der Waals surface area contributed by atoms with Crippen molar-refractivity contribution in [2.75, 3.05) is 0 Å². The predicted molar refractivity (Wildman–Crippen MR) is 84.9 cm³/mol. The van der Waals surface area contributed by atoms with E-state index in [0.29, 0.717) is 11.3 Å². The van der Waals surface area contributed by atoms with Crippen LogP contribution in [0.4, 0.5) is 0 Å². The maximum Gasteiger partial charge on any atom is 0.226 e. The highest BCUT2D eigenvalue weighted by Crippen LogP contribution is 2.19. The Hall–Kier alpha value is -2.63. The molecule has 0 spiro atoms. The van der Waals surface area contributed by atoms with Crippen LogP contribution in [0.3, 0.4) is 0 Å². The minimum Gasteiger partial charge on any atom is -0.356 e. The SMILES string of the molecule is Cc1cn2c(n1)CC[C@H](NC(=O)Cc1noc3ccccc13)C2. The summed E-state index contributed by atoms with van der Waals surface area (Å²) in [5, 5.41) is 8.02. The van der Waals surface area contributed by atoms with E-state index >= 15 is 0 Å². The molecule has 118 valence electrons. The Morgan fingerprint density at radius 1 is 1.43 bits per heavy atom. The zero-order valence-corrected chi connectivity index (χ0v) is 13.0. The molecule has 1 aliphatic rings. The van der Waals surface area contributed by atoms with Gasteiger partial charge in [-0.05, 0) is 25.5 Å². The summed E-state index contributed by atoms with van der Waals surface area (Å²) in [4.78, 5) is 16.8.